The van der Waals surface area contributed by atoms with Gasteiger partial charge in [-0.2, -0.15) is 8.42 Å². The van der Waals surface area contributed by atoms with Crippen LogP contribution in [-0.4, -0.2) is 248 Å². The van der Waals surface area contributed by atoms with Gasteiger partial charge in [0.15, 0.2) is 36.5 Å². The summed E-state index contributed by atoms with van der Waals surface area (Å²) in [5, 5.41) is 122. The van der Waals surface area contributed by atoms with Gasteiger partial charge in [-0.1, -0.05) is 39.3 Å². The van der Waals surface area contributed by atoms with E-state index in [2.05, 4.69) is 6.92 Å². The second-order valence-electron chi connectivity index (χ2n) is 26.1. The van der Waals surface area contributed by atoms with Crippen LogP contribution in [0.5, 0.6) is 0 Å². The van der Waals surface area contributed by atoms with Crippen molar-refractivity contribution in [3.8, 4) is 0 Å². The third-order valence-electron chi connectivity index (χ3n) is 20.6. The van der Waals surface area contributed by atoms with E-state index in [0.29, 0.717) is 38.5 Å². The number of aliphatic hydroxyl groups is 11. The summed E-state index contributed by atoms with van der Waals surface area (Å²) in [6.45, 7) is 12.2. The summed E-state index contributed by atoms with van der Waals surface area (Å²) < 4.78 is 97.7. The molecule has 0 radical (unpaired) electrons. The number of ether oxygens (including phenoxy) is 10. The number of aliphatic hydroxyl groups excluding tert-OH is 10. The van der Waals surface area contributed by atoms with Gasteiger partial charge in [-0.05, 0) is 101 Å². The lowest BCUT2D eigenvalue weighted by atomic mass is 9.40. The van der Waals surface area contributed by atoms with Crippen molar-refractivity contribution in [2.45, 2.75) is 247 Å². The second-order valence-corrected chi connectivity index (χ2v) is 27.2. The number of esters is 1. The average molecular weight is 1200 g/mol. The molecule has 28 heteroatoms. The van der Waals surface area contributed by atoms with Crippen LogP contribution in [0, 0.1) is 39.4 Å². The summed E-state index contributed by atoms with van der Waals surface area (Å²) in [6.07, 6.45) is -29.1. The first-order chi connectivity index (χ1) is 38.1. The van der Waals surface area contributed by atoms with Crippen molar-refractivity contribution in [2.24, 2.45) is 39.4 Å². The molecule has 0 aromatic heterocycles. The van der Waals surface area contributed by atoms with Crippen LogP contribution < -0.4 is 0 Å². The van der Waals surface area contributed by atoms with Crippen molar-refractivity contribution in [3.05, 3.63) is 11.6 Å². The fraction of sp³-hybridized carbons (Fsp3) is 0.926. The van der Waals surface area contributed by atoms with Crippen molar-refractivity contribution in [1.82, 2.24) is 0 Å². The van der Waals surface area contributed by atoms with Gasteiger partial charge < -0.3 is 104 Å². The minimum atomic E-state index is -5.20. The molecule has 9 rings (SSSR count). The Kier molecular flexibility index (Phi) is 18.2. The van der Waals surface area contributed by atoms with Crippen molar-refractivity contribution < 1.29 is 130 Å². The maximum absolute atomic E-state index is 14.5. The Bertz CT molecular complexity index is 2460. The zero-order chi connectivity index (χ0) is 60.4. The molecule has 28 unspecified atom stereocenters. The van der Waals surface area contributed by atoms with Crippen molar-refractivity contribution in [2.75, 3.05) is 26.9 Å². The van der Waals surface area contributed by atoms with Crippen molar-refractivity contribution in [1.29, 1.82) is 0 Å². The maximum atomic E-state index is 14.5. The molecule has 8 fully saturated rings. The number of carbonyl (C=O) groups excluding carboxylic acids is 2. The van der Waals surface area contributed by atoms with Gasteiger partial charge >= 0.3 is 16.4 Å². The van der Waals surface area contributed by atoms with Gasteiger partial charge in [0.1, 0.15) is 90.9 Å². The minimum absolute atomic E-state index is 0.00485. The Morgan fingerprint density at radius 2 is 1.29 bits per heavy atom. The molecule has 5 aliphatic heterocycles. The van der Waals surface area contributed by atoms with Gasteiger partial charge in [0.2, 0.25) is 0 Å². The van der Waals surface area contributed by atoms with Gasteiger partial charge in [-0.3, -0.25) is 14.1 Å². The minimum Gasteiger partial charge on any atom is -0.450 e. The molecule has 1 spiro atoms. The quantitative estimate of drug-likeness (QED) is 0.0318. The van der Waals surface area contributed by atoms with E-state index in [4.69, 9.17) is 51.6 Å². The summed E-state index contributed by atoms with van der Waals surface area (Å²) in [5.41, 5.74) is -5.02. The highest BCUT2D eigenvalue weighted by atomic mass is 32.3. The van der Waals surface area contributed by atoms with Crippen LogP contribution in [0.3, 0.4) is 0 Å². The van der Waals surface area contributed by atoms with Crippen LogP contribution in [0.1, 0.15) is 107 Å². The molecule has 12 N–H and O–H groups in total. The molecule has 5 heterocycles. The summed E-state index contributed by atoms with van der Waals surface area (Å²) in [5.74, 6) is -1.77. The molecule has 0 aromatic carbocycles. The SMILES string of the molecule is COC1C(O)C(CO)OC(OC2C(O)C(CO)OC(OC3C(C)OC(OC4C(OC5CCC6(C)C7=CC(O)C89C(=O)OC(C)(C(=O)CCC(C)(C)O)C8CCC9(C)C7CCC6C5(C)C)OCC(OS(=O)(=O)O)C4O)C(O)C3O)C2O)C1O. The number of fused-ring (bicyclic) bond motifs is 4. The van der Waals surface area contributed by atoms with Gasteiger partial charge in [0, 0.05) is 19.4 Å². The Labute approximate surface area is 475 Å². The molecule has 0 amide bonds. The van der Waals surface area contributed by atoms with Crippen LogP contribution in [0.4, 0.5) is 0 Å². The molecule has 9 aliphatic rings. The highest BCUT2D eigenvalue weighted by Gasteiger charge is 2.80. The lowest BCUT2D eigenvalue weighted by Crippen LogP contribution is -2.67. The number of allylic oxidation sites excluding steroid dienone is 1. The van der Waals surface area contributed by atoms with Crippen LogP contribution in [0.25, 0.3) is 0 Å². The zero-order valence-electron chi connectivity index (χ0n) is 47.6. The number of carbonyl (C=O) groups is 2. The Morgan fingerprint density at radius 1 is 0.707 bits per heavy atom. The lowest BCUT2D eigenvalue weighted by Gasteiger charge is -2.64. The van der Waals surface area contributed by atoms with Gasteiger partial charge in [0.25, 0.3) is 0 Å². The highest BCUT2D eigenvalue weighted by molar-refractivity contribution is 7.80. The fourth-order valence-electron chi connectivity index (χ4n) is 16.2. The molecule has 5 saturated heterocycles. The predicted octanol–water partition coefficient (Wildman–Crippen LogP) is -2.22. The first-order valence-corrected chi connectivity index (χ1v) is 29.8. The summed E-state index contributed by atoms with van der Waals surface area (Å²) in [6, 6.07) is 0. The van der Waals surface area contributed by atoms with E-state index in [1.54, 1.807) is 20.8 Å². The van der Waals surface area contributed by atoms with Crippen molar-refractivity contribution >= 4 is 22.2 Å². The molecule has 82 heavy (non-hydrogen) atoms. The van der Waals surface area contributed by atoms with E-state index < -0.39 is 204 Å². The normalized spacial score (nSPS) is 50.4. The van der Waals surface area contributed by atoms with Gasteiger partial charge in [-0.25, -0.2) is 4.18 Å². The molecular weight excluding hydrogens is 1110 g/mol. The van der Waals surface area contributed by atoms with E-state index in [9.17, 15) is 78.7 Å². The molecule has 0 aromatic rings. The van der Waals surface area contributed by atoms with Crippen molar-refractivity contribution in [3.63, 3.8) is 0 Å². The Balaban J connectivity index is 0.908. The molecular formula is C54H86O27S. The van der Waals surface area contributed by atoms with Crippen LogP contribution in [0.2, 0.25) is 0 Å². The van der Waals surface area contributed by atoms with E-state index in [1.807, 2.05) is 26.8 Å². The third-order valence-corrected chi connectivity index (χ3v) is 21.1. The first-order valence-electron chi connectivity index (χ1n) is 28.4. The van der Waals surface area contributed by atoms with Gasteiger partial charge in [0.05, 0.1) is 43.7 Å². The van der Waals surface area contributed by atoms with Crippen LogP contribution in [0.15, 0.2) is 11.6 Å². The smallest absolute Gasteiger partial charge is 0.397 e. The summed E-state index contributed by atoms with van der Waals surface area (Å²) in [7, 11) is -4.02. The Hall–Kier alpha value is -2.05. The molecule has 27 nitrogen and oxygen atoms in total. The lowest BCUT2D eigenvalue weighted by molar-refractivity contribution is -0.389. The standard InChI is InChI=1S/C54H86O27S/c1-22-40(77-46-39(65)42(34(60)26(20-56)75-46)78-45-38(64)41(71-9)33(59)25(19-55)74-45)36(62)37(63)44(73-22)79-43-35(61)27(81-82(68,69)70)21-72-47(43)76-32-14-16-51(6)24-18-31(58)54-29(53(8,80-48(54)66)30(57)13-15-49(2,3)67)12-17-52(54,7)23(24)10-11-28(51)50(32,4)5/h18,22-23,25-29,31-47,55-56,58-65,67H,10-17,19-21H2,1-9H3,(H,68,69,70). The predicted molar refractivity (Wildman–Crippen MR) is 274 cm³/mol. The molecule has 4 aliphatic carbocycles. The second kappa shape index (κ2) is 23.2. The van der Waals surface area contributed by atoms with E-state index in [-0.39, 0.29) is 30.5 Å². The topological polar surface area (TPSA) is 413 Å². The molecule has 470 valence electrons. The maximum Gasteiger partial charge on any atom is 0.397 e. The summed E-state index contributed by atoms with van der Waals surface area (Å²) >= 11 is 0. The largest absolute Gasteiger partial charge is 0.450 e. The van der Waals surface area contributed by atoms with E-state index in [1.165, 1.54) is 14.0 Å². The third kappa shape index (κ3) is 10.8. The zero-order valence-corrected chi connectivity index (χ0v) is 48.4. The van der Waals surface area contributed by atoms with Crippen LogP contribution >= 0.6 is 0 Å². The summed E-state index contributed by atoms with van der Waals surface area (Å²) in [4.78, 5) is 28.4. The first kappa shape index (κ1) is 64.4. The molecule has 3 saturated carbocycles. The van der Waals surface area contributed by atoms with E-state index in [0.717, 1.165) is 5.57 Å². The highest BCUT2D eigenvalue weighted by Crippen LogP contribution is 2.76. The number of methoxy groups -OCH3 is 1. The number of ketones is 1. The van der Waals surface area contributed by atoms with Crippen LogP contribution in [-0.2, 0) is 71.5 Å². The monoisotopic (exact) mass is 1200 g/mol. The fourth-order valence-corrected chi connectivity index (χ4v) is 16.7. The number of rotatable bonds is 17. The number of hydrogen-bond acceptors (Lipinski definition) is 26. The Morgan fingerprint density at radius 3 is 1.89 bits per heavy atom. The number of cyclic esters (lactones) is 1. The van der Waals surface area contributed by atoms with Gasteiger partial charge in [-0.15, -0.1) is 0 Å². The molecule has 28 atom stereocenters. The number of hydrogen-bond donors (Lipinski definition) is 12. The number of Topliss-reactive ketones (excluding diaryl/α,β-unsaturated/α-hetero) is 1. The molecule has 0 bridgehead atoms. The average Bonchev–Trinajstić information content (AvgIpc) is 1.85. The van der Waals surface area contributed by atoms with E-state index >= 15 is 0 Å².